The van der Waals surface area contributed by atoms with E-state index < -0.39 is 11.3 Å². The minimum atomic E-state index is -0.798. The molecular formula is C9H10ClNO2. The Hall–Kier alpha value is -1.06. The van der Waals surface area contributed by atoms with E-state index in [1.807, 2.05) is 0 Å². The van der Waals surface area contributed by atoms with E-state index in [0.717, 1.165) is 5.56 Å². The first-order valence-electron chi connectivity index (χ1n) is 3.78. The van der Waals surface area contributed by atoms with E-state index in [0.29, 0.717) is 5.56 Å². The van der Waals surface area contributed by atoms with Crippen LogP contribution in [0.5, 0.6) is 0 Å². The number of aliphatic hydroxyl groups excluding tert-OH is 1. The molecular weight excluding hydrogens is 190 g/mol. The number of aliphatic hydroxyl groups is 1. The Morgan fingerprint density at radius 2 is 2.00 bits per heavy atom. The normalized spacial score (nSPS) is 12.5. The van der Waals surface area contributed by atoms with Gasteiger partial charge in [-0.1, -0.05) is 24.3 Å². The number of primary amides is 1. The van der Waals surface area contributed by atoms with E-state index in [-0.39, 0.29) is 6.61 Å². The molecule has 1 unspecified atom stereocenters. The molecule has 4 heteroatoms. The van der Waals surface area contributed by atoms with Crippen molar-refractivity contribution in [3.63, 3.8) is 0 Å². The Morgan fingerprint density at radius 3 is 2.38 bits per heavy atom. The summed E-state index contributed by atoms with van der Waals surface area (Å²) in [5.74, 6) is -0.571. The van der Waals surface area contributed by atoms with E-state index >= 15 is 0 Å². The van der Waals surface area contributed by atoms with E-state index in [2.05, 4.69) is 0 Å². The molecule has 0 aliphatic rings. The zero-order chi connectivity index (χ0) is 9.84. The topological polar surface area (TPSA) is 63.3 Å². The van der Waals surface area contributed by atoms with Gasteiger partial charge in [0.1, 0.15) is 5.38 Å². The van der Waals surface area contributed by atoms with Crippen molar-refractivity contribution < 1.29 is 9.90 Å². The monoisotopic (exact) mass is 199 g/mol. The highest BCUT2D eigenvalue weighted by molar-refractivity contribution is 6.30. The van der Waals surface area contributed by atoms with Gasteiger partial charge in [0, 0.05) is 0 Å². The smallest absolute Gasteiger partial charge is 0.240 e. The Bertz CT molecular complexity index is 297. The van der Waals surface area contributed by atoms with Gasteiger partial charge in [0.05, 0.1) is 6.61 Å². The fourth-order valence-electron chi connectivity index (χ4n) is 0.956. The van der Waals surface area contributed by atoms with E-state index in [9.17, 15) is 4.79 Å². The van der Waals surface area contributed by atoms with Crippen molar-refractivity contribution in [3.05, 3.63) is 35.4 Å². The number of alkyl halides is 1. The van der Waals surface area contributed by atoms with E-state index in [4.69, 9.17) is 22.4 Å². The third kappa shape index (κ3) is 2.44. The van der Waals surface area contributed by atoms with Crippen molar-refractivity contribution in [2.24, 2.45) is 5.73 Å². The minimum absolute atomic E-state index is 0.0240. The molecule has 1 aromatic carbocycles. The predicted molar refractivity (Wildman–Crippen MR) is 50.2 cm³/mol. The summed E-state index contributed by atoms with van der Waals surface area (Å²) in [6.45, 7) is -0.0240. The van der Waals surface area contributed by atoms with Crippen LogP contribution in [0.2, 0.25) is 0 Å². The fourth-order valence-corrected chi connectivity index (χ4v) is 1.10. The zero-order valence-electron chi connectivity index (χ0n) is 6.90. The summed E-state index contributed by atoms with van der Waals surface area (Å²) in [5.41, 5.74) is 6.44. The molecule has 0 saturated carbocycles. The largest absolute Gasteiger partial charge is 0.392 e. The lowest BCUT2D eigenvalue weighted by atomic mass is 10.1. The molecule has 0 saturated heterocycles. The molecule has 3 N–H and O–H groups in total. The zero-order valence-corrected chi connectivity index (χ0v) is 7.66. The summed E-state index contributed by atoms with van der Waals surface area (Å²) in [5, 5.41) is 7.95. The third-order valence-electron chi connectivity index (χ3n) is 1.70. The van der Waals surface area contributed by atoms with Crippen molar-refractivity contribution in [2.45, 2.75) is 12.0 Å². The molecule has 1 aromatic rings. The van der Waals surface area contributed by atoms with Gasteiger partial charge < -0.3 is 10.8 Å². The average molecular weight is 200 g/mol. The molecule has 0 aliphatic carbocycles. The van der Waals surface area contributed by atoms with Gasteiger partial charge in [0.2, 0.25) is 5.91 Å². The number of amides is 1. The number of carbonyl (C=O) groups excluding carboxylic acids is 1. The molecule has 1 atom stereocenters. The first-order valence-corrected chi connectivity index (χ1v) is 4.22. The minimum Gasteiger partial charge on any atom is -0.392 e. The van der Waals surface area contributed by atoms with Crippen LogP contribution in [0.25, 0.3) is 0 Å². The first kappa shape index (κ1) is 10.0. The standard InChI is InChI=1S/C9H10ClNO2/c10-8(9(11)13)7-3-1-6(5-12)2-4-7/h1-4,8,12H,5H2,(H2,11,13). The van der Waals surface area contributed by atoms with Crippen LogP contribution in [0.4, 0.5) is 0 Å². The number of benzene rings is 1. The maximum Gasteiger partial charge on any atom is 0.240 e. The second kappa shape index (κ2) is 4.25. The lowest BCUT2D eigenvalue weighted by Crippen LogP contribution is -2.16. The number of halogens is 1. The van der Waals surface area contributed by atoms with Crippen LogP contribution < -0.4 is 5.73 Å². The Morgan fingerprint density at radius 1 is 1.46 bits per heavy atom. The van der Waals surface area contributed by atoms with Gasteiger partial charge in [-0.15, -0.1) is 11.6 Å². The maximum atomic E-state index is 10.7. The Balaban J connectivity index is 2.85. The summed E-state index contributed by atoms with van der Waals surface area (Å²) in [4.78, 5) is 10.7. The molecule has 0 aromatic heterocycles. The summed E-state index contributed by atoms with van der Waals surface area (Å²) in [6, 6.07) is 6.75. The molecule has 0 fully saturated rings. The van der Waals surface area contributed by atoms with Crippen molar-refractivity contribution in [2.75, 3.05) is 0 Å². The van der Waals surface area contributed by atoms with Gasteiger partial charge in [0.15, 0.2) is 0 Å². The van der Waals surface area contributed by atoms with Crippen molar-refractivity contribution in [1.82, 2.24) is 0 Å². The molecule has 1 amide bonds. The summed E-state index contributed by atoms with van der Waals surface area (Å²) >= 11 is 5.70. The molecule has 1 rings (SSSR count). The highest BCUT2D eigenvalue weighted by atomic mass is 35.5. The molecule has 0 heterocycles. The van der Waals surface area contributed by atoms with Crippen molar-refractivity contribution >= 4 is 17.5 Å². The number of carbonyl (C=O) groups is 1. The number of nitrogens with two attached hydrogens (primary N) is 1. The summed E-state index contributed by atoms with van der Waals surface area (Å²) in [6.07, 6.45) is 0. The third-order valence-corrected chi connectivity index (χ3v) is 2.17. The van der Waals surface area contributed by atoms with Crippen LogP contribution in [-0.4, -0.2) is 11.0 Å². The van der Waals surface area contributed by atoms with Gasteiger partial charge >= 0.3 is 0 Å². The summed E-state index contributed by atoms with van der Waals surface area (Å²) < 4.78 is 0. The van der Waals surface area contributed by atoms with Crippen LogP contribution in [0.1, 0.15) is 16.5 Å². The number of hydrogen-bond acceptors (Lipinski definition) is 2. The van der Waals surface area contributed by atoms with Gasteiger partial charge in [0.25, 0.3) is 0 Å². The first-order chi connectivity index (χ1) is 6.15. The highest BCUT2D eigenvalue weighted by Crippen LogP contribution is 2.19. The van der Waals surface area contributed by atoms with Gasteiger partial charge in [-0.3, -0.25) is 4.79 Å². The molecule has 0 spiro atoms. The van der Waals surface area contributed by atoms with Gasteiger partial charge in [-0.2, -0.15) is 0 Å². The predicted octanol–water partition coefficient (Wildman–Crippen LogP) is 0.944. The molecule has 3 nitrogen and oxygen atoms in total. The molecule has 0 bridgehead atoms. The summed E-state index contributed by atoms with van der Waals surface area (Å²) in [7, 11) is 0. The van der Waals surface area contributed by atoms with Gasteiger partial charge in [-0.05, 0) is 11.1 Å². The van der Waals surface area contributed by atoms with Crippen molar-refractivity contribution in [1.29, 1.82) is 0 Å². The molecule has 13 heavy (non-hydrogen) atoms. The quantitative estimate of drug-likeness (QED) is 0.712. The lowest BCUT2D eigenvalue weighted by Gasteiger charge is -2.05. The molecule has 0 aliphatic heterocycles. The van der Waals surface area contributed by atoms with Crippen LogP contribution in [0.3, 0.4) is 0 Å². The van der Waals surface area contributed by atoms with Crippen LogP contribution >= 0.6 is 11.6 Å². The number of rotatable bonds is 3. The molecule has 0 radical (unpaired) electrons. The second-order valence-corrected chi connectivity index (χ2v) is 3.10. The maximum absolute atomic E-state index is 10.7. The lowest BCUT2D eigenvalue weighted by molar-refractivity contribution is -0.117. The number of hydrogen-bond donors (Lipinski definition) is 2. The van der Waals surface area contributed by atoms with Gasteiger partial charge in [-0.25, -0.2) is 0 Å². The average Bonchev–Trinajstić information content (AvgIpc) is 2.17. The fraction of sp³-hybridized carbons (Fsp3) is 0.222. The van der Waals surface area contributed by atoms with E-state index in [1.54, 1.807) is 24.3 Å². The Labute approximate surface area is 81.1 Å². The van der Waals surface area contributed by atoms with Crippen LogP contribution in [0.15, 0.2) is 24.3 Å². The Kier molecular flexibility index (Phi) is 3.28. The second-order valence-electron chi connectivity index (χ2n) is 2.66. The van der Waals surface area contributed by atoms with E-state index in [1.165, 1.54) is 0 Å². The van der Waals surface area contributed by atoms with Crippen LogP contribution in [0, 0.1) is 0 Å². The highest BCUT2D eigenvalue weighted by Gasteiger charge is 2.13. The SMILES string of the molecule is NC(=O)C(Cl)c1ccc(CO)cc1. The van der Waals surface area contributed by atoms with Crippen LogP contribution in [-0.2, 0) is 11.4 Å². The van der Waals surface area contributed by atoms with Crippen molar-refractivity contribution in [3.8, 4) is 0 Å². The molecule has 70 valence electrons.